The Morgan fingerprint density at radius 1 is 1.15 bits per heavy atom. The van der Waals surface area contributed by atoms with Gasteiger partial charge in [0, 0.05) is 24.0 Å². The number of nitrogens with zero attached hydrogens (tertiary/aromatic N) is 4. The molecule has 0 radical (unpaired) electrons. The molecule has 3 heterocycles. The number of carboxylic acid groups (broad SMARTS) is 1. The second-order valence-electron chi connectivity index (χ2n) is 11.2. The maximum atomic E-state index is 12.8. The number of carbonyl (C=O) groups is 2. The number of piperidine rings is 1. The molecule has 0 bridgehead atoms. The normalized spacial score (nSPS) is 22.2. The van der Waals surface area contributed by atoms with Crippen LogP contribution in [-0.2, 0) is 16.0 Å². The Hall–Kier alpha value is -3.04. The van der Waals surface area contributed by atoms with Crippen LogP contribution < -0.4 is 5.32 Å². The minimum atomic E-state index is -0.926. The van der Waals surface area contributed by atoms with Crippen LogP contribution in [0.1, 0.15) is 68.8 Å². The van der Waals surface area contributed by atoms with E-state index in [0.29, 0.717) is 10.9 Å². The maximum absolute atomic E-state index is 12.8. The molecule has 1 aliphatic heterocycles. The number of likely N-dealkylation sites (tertiary alicyclic amines) is 1. The number of aromatic nitrogens is 3. The molecule has 2 aliphatic carbocycles. The van der Waals surface area contributed by atoms with Gasteiger partial charge in [-0.05, 0) is 85.0 Å². The fourth-order valence-corrected chi connectivity index (χ4v) is 7.49. The SMILES string of the molecule is CN1CCCC[C@@H]1c1nc2cccnc2n1-c1ccc(C[C@H](NC2=C(Br)C(=O)C23CCCCC3)C(=O)O)cc1. The number of halogens is 1. The van der Waals surface area contributed by atoms with Crippen LogP contribution in [0.15, 0.2) is 52.8 Å². The molecule has 2 fully saturated rings. The summed E-state index contributed by atoms with van der Waals surface area (Å²) in [5.74, 6) is 0.177. The largest absolute Gasteiger partial charge is 0.480 e. The number of nitrogens with one attached hydrogen (secondary N) is 1. The molecule has 8 nitrogen and oxygen atoms in total. The molecule has 1 spiro atoms. The summed E-state index contributed by atoms with van der Waals surface area (Å²) in [4.78, 5) is 37.1. The number of pyridine rings is 1. The zero-order chi connectivity index (χ0) is 27.1. The Morgan fingerprint density at radius 3 is 2.64 bits per heavy atom. The van der Waals surface area contributed by atoms with Crippen LogP contribution in [-0.4, -0.2) is 55.9 Å². The first-order chi connectivity index (χ1) is 18.9. The van der Waals surface area contributed by atoms with Crippen LogP contribution >= 0.6 is 15.9 Å². The van der Waals surface area contributed by atoms with E-state index in [1.807, 2.05) is 36.4 Å². The molecule has 0 unspecified atom stereocenters. The van der Waals surface area contributed by atoms with Gasteiger partial charge in [-0.15, -0.1) is 0 Å². The predicted octanol–water partition coefficient (Wildman–Crippen LogP) is 5.30. The van der Waals surface area contributed by atoms with E-state index >= 15 is 0 Å². The maximum Gasteiger partial charge on any atom is 0.326 e. The molecule has 39 heavy (non-hydrogen) atoms. The summed E-state index contributed by atoms with van der Waals surface area (Å²) < 4.78 is 2.65. The topological polar surface area (TPSA) is 100 Å². The van der Waals surface area contributed by atoms with Crippen LogP contribution in [0.25, 0.3) is 16.9 Å². The number of benzene rings is 1. The number of imidazole rings is 1. The lowest BCUT2D eigenvalue weighted by Crippen LogP contribution is -2.53. The molecule has 1 saturated carbocycles. The zero-order valence-corrected chi connectivity index (χ0v) is 23.8. The summed E-state index contributed by atoms with van der Waals surface area (Å²) in [5, 5.41) is 13.3. The molecule has 204 valence electrons. The van der Waals surface area contributed by atoms with Gasteiger partial charge in [0.1, 0.15) is 17.4 Å². The first kappa shape index (κ1) is 26.2. The molecule has 1 saturated heterocycles. The van der Waals surface area contributed by atoms with Crippen molar-refractivity contribution in [2.75, 3.05) is 13.6 Å². The lowest BCUT2D eigenvalue weighted by Gasteiger charge is -2.46. The van der Waals surface area contributed by atoms with Gasteiger partial charge < -0.3 is 10.4 Å². The third-order valence-corrected chi connectivity index (χ3v) is 9.56. The van der Waals surface area contributed by atoms with Crippen molar-refractivity contribution in [3.05, 3.63) is 64.2 Å². The number of hydrogen-bond donors (Lipinski definition) is 2. The van der Waals surface area contributed by atoms with E-state index in [1.54, 1.807) is 6.20 Å². The minimum absolute atomic E-state index is 0.110. The zero-order valence-electron chi connectivity index (χ0n) is 22.2. The average Bonchev–Trinajstić information content (AvgIpc) is 3.35. The smallest absolute Gasteiger partial charge is 0.326 e. The van der Waals surface area contributed by atoms with Crippen molar-refractivity contribution in [1.29, 1.82) is 0 Å². The van der Waals surface area contributed by atoms with E-state index in [2.05, 4.69) is 42.7 Å². The Bertz CT molecular complexity index is 1440. The quantitative estimate of drug-likeness (QED) is 0.384. The van der Waals surface area contributed by atoms with Crippen molar-refractivity contribution in [2.24, 2.45) is 5.41 Å². The van der Waals surface area contributed by atoms with Crippen molar-refractivity contribution >= 4 is 38.8 Å². The summed E-state index contributed by atoms with van der Waals surface area (Å²) in [6, 6.07) is 11.3. The molecule has 0 amide bonds. The van der Waals surface area contributed by atoms with E-state index < -0.39 is 17.4 Å². The summed E-state index contributed by atoms with van der Waals surface area (Å²) in [7, 11) is 2.16. The van der Waals surface area contributed by atoms with E-state index in [4.69, 9.17) is 4.98 Å². The molecular weight excluding hydrogens is 558 g/mol. The lowest BCUT2D eigenvalue weighted by atomic mass is 9.62. The van der Waals surface area contributed by atoms with Gasteiger partial charge in [-0.3, -0.25) is 14.3 Å². The number of Topliss-reactive ketones (excluding diaryl/α,β-unsaturated/α-hetero) is 1. The highest BCUT2D eigenvalue weighted by Crippen LogP contribution is 2.53. The third-order valence-electron chi connectivity index (χ3n) is 8.80. The number of allylic oxidation sites excluding steroid dienone is 2. The van der Waals surface area contributed by atoms with E-state index in [-0.39, 0.29) is 11.8 Å². The number of hydrogen-bond acceptors (Lipinski definition) is 6. The number of ketones is 1. The van der Waals surface area contributed by atoms with Crippen molar-refractivity contribution in [3.63, 3.8) is 0 Å². The predicted molar refractivity (Wildman–Crippen MR) is 153 cm³/mol. The molecule has 1 aromatic carbocycles. The van der Waals surface area contributed by atoms with E-state index in [0.717, 1.165) is 79.0 Å². The summed E-state index contributed by atoms with van der Waals surface area (Å²) >= 11 is 3.42. The van der Waals surface area contributed by atoms with Crippen molar-refractivity contribution < 1.29 is 14.7 Å². The minimum Gasteiger partial charge on any atom is -0.480 e. The van der Waals surface area contributed by atoms with Gasteiger partial charge in [-0.1, -0.05) is 37.8 Å². The van der Waals surface area contributed by atoms with E-state index in [9.17, 15) is 14.7 Å². The molecule has 9 heteroatoms. The van der Waals surface area contributed by atoms with Gasteiger partial charge in [0.2, 0.25) is 0 Å². The average molecular weight is 593 g/mol. The highest BCUT2D eigenvalue weighted by Gasteiger charge is 2.53. The van der Waals surface area contributed by atoms with Crippen LogP contribution in [0.4, 0.5) is 0 Å². The van der Waals surface area contributed by atoms with Gasteiger partial charge in [-0.2, -0.15) is 0 Å². The molecular formula is C30H34BrN5O3. The number of aliphatic carboxylic acids is 1. The molecule has 2 aromatic heterocycles. The molecule has 2 atom stereocenters. The summed E-state index contributed by atoms with van der Waals surface area (Å²) in [6.45, 7) is 1.04. The van der Waals surface area contributed by atoms with Gasteiger partial charge in [0.25, 0.3) is 0 Å². The van der Waals surface area contributed by atoms with Gasteiger partial charge >= 0.3 is 5.97 Å². The lowest BCUT2D eigenvalue weighted by molar-refractivity contribution is -0.140. The third kappa shape index (κ3) is 4.59. The van der Waals surface area contributed by atoms with Crippen molar-refractivity contribution in [1.82, 2.24) is 24.8 Å². The first-order valence-electron chi connectivity index (χ1n) is 14.0. The van der Waals surface area contributed by atoms with Crippen LogP contribution in [0.2, 0.25) is 0 Å². The standard InChI is InChI=1S/C30H34BrN5O3/c1-35-17-6-3-9-23(35)28-34-21-8-7-16-32-27(21)36(28)20-12-10-19(11-13-20)18-22(29(38)39)33-25-24(31)26(37)30(25)14-4-2-5-15-30/h7-8,10-13,16,22-23,33H,2-6,9,14-15,17-18H2,1H3,(H,38,39)/t22-,23+/m0/s1. The van der Waals surface area contributed by atoms with Crippen LogP contribution in [0, 0.1) is 5.41 Å². The van der Waals surface area contributed by atoms with Crippen LogP contribution in [0.5, 0.6) is 0 Å². The fourth-order valence-electron chi connectivity index (χ4n) is 6.62. The Kier molecular flexibility index (Phi) is 7.05. The Morgan fingerprint density at radius 2 is 1.92 bits per heavy atom. The highest BCUT2D eigenvalue weighted by molar-refractivity contribution is 9.12. The molecule has 3 aliphatic rings. The second kappa shape index (κ2) is 10.5. The van der Waals surface area contributed by atoms with Gasteiger partial charge in [0.15, 0.2) is 11.4 Å². The number of rotatable bonds is 7. The highest BCUT2D eigenvalue weighted by atomic mass is 79.9. The first-order valence-corrected chi connectivity index (χ1v) is 14.8. The summed E-state index contributed by atoms with van der Waals surface area (Å²) in [5.41, 5.74) is 3.81. The Labute approximate surface area is 236 Å². The molecule has 3 aromatic rings. The monoisotopic (exact) mass is 591 g/mol. The van der Waals surface area contributed by atoms with E-state index in [1.165, 1.54) is 12.8 Å². The molecule has 2 N–H and O–H groups in total. The van der Waals surface area contributed by atoms with Crippen molar-refractivity contribution in [2.45, 2.75) is 69.9 Å². The second-order valence-corrected chi connectivity index (χ2v) is 12.0. The number of carbonyl (C=O) groups excluding carboxylic acids is 1. The van der Waals surface area contributed by atoms with Gasteiger partial charge in [-0.25, -0.2) is 14.8 Å². The fraction of sp³-hybridized carbons (Fsp3) is 0.467. The number of fused-ring (bicyclic) bond motifs is 1. The number of carboxylic acids is 1. The molecule has 6 rings (SSSR count). The van der Waals surface area contributed by atoms with Gasteiger partial charge in [0.05, 0.1) is 15.9 Å². The van der Waals surface area contributed by atoms with Crippen LogP contribution in [0.3, 0.4) is 0 Å². The summed E-state index contributed by atoms with van der Waals surface area (Å²) in [6.07, 6.45) is 10.2. The Balaban J connectivity index is 1.27. The van der Waals surface area contributed by atoms with Crippen molar-refractivity contribution in [3.8, 4) is 5.69 Å².